The summed E-state index contributed by atoms with van der Waals surface area (Å²) in [6.07, 6.45) is 2.83. The molecular formula is C8H12O2. The summed E-state index contributed by atoms with van der Waals surface area (Å²) in [5.41, 5.74) is 0. The third-order valence-corrected chi connectivity index (χ3v) is 2.61. The molecule has 1 heterocycles. The van der Waals surface area contributed by atoms with Crippen molar-refractivity contribution >= 4 is 5.78 Å². The lowest BCUT2D eigenvalue weighted by Crippen LogP contribution is -2.30. The highest BCUT2D eigenvalue weighted by Crippen LogP contribution is 2.34. The third-order valence-electron chi connectivity index (χ3n) is 2.61. The summed E-state index contributed by atoms with van der Waals surface area (Å²) in [6.45, 7) is 1.81. The molecule has 2 fully saturated rings. The Bertz CT molecular complexity index is 139. The van der Waals surface area contributed by atoms with Crippen LogP contribution >= 0.6 is 0 Å². The molecule has 2 nitrogen and oxygen atoms in total. The fraction of sp³-hybridized carbons (Fsp3) is 0.875. The summed E-state index contributed by atoms with van der Waals surface area (Å²) < 4.78 is 5.24. The molecule has 0 aromatic heterocycles. The maximum atomic E-state index is 10.6. The molecule has 1 unspecified atom stereocenters. The van der Waals surface area contributed by atoms with Crippen LogP contribution in [0.4, 0.5) is 0 Å². The van der Waals surface area contributed by atoms with Crippen molar-refractivity contribution in [1.82, 2.24) is 0 Å². The zero-order valence-electron chi connectivity index (χ0n) is 6.01. The van der Waals surface area contributed by atoms with E-state index >= 15 is 0 Å². The minimum atomic E-state index is 0.442. The summed E-state index contributed by atoms with van der Waals surface area (Å²) in [7, 11) is 0. The molecule has 0 aromatic carbocycles. The molecule has 1 atom stereocenters. The van der Waals surface area contributed by atoms with E-state index in [-0.39, 0.29) is 0 Å². The molecule has 56 valence electrons. The Kier molecular flexibility index (Phi) is 1.49. The molecule has 10 heavy (non-hydrogen) atoms. The summed E-state index contributed by atoms with van der Waals surface area (Å²) in [5.74, 6) is 1.82. The average Bonchev–Trinajstić information content (AvgIpc) is 2.31. The first-order valence-electron chi connectivity index (χ1n) is 3.95. The minimum Gasteiger partial charge on any atom is -0.381 e. The van der Waals surface area contributed by atoms with Gasteiger partial charge in [0, 0.05) is 26.1 Å². The lowest BCUT2D eigenvalue weighted by molar-refractivity contribution is -0.128. The van der Waals surface area contributed by atoms with Crippen LogP contribution in [0, 0.1) is 11.8 Å². The number of ether oxygens (including phenoxy) is 1. The van der Waals surface area contributed by atoms with Gasteiger partial charge in [0.1, 0.15) is 5.78 Å². The topological polar surface area (TPSA) is 26.3 Å². The van der Waals surface area contributed by atoms with Gasteiger partial charge in [-0.2, -0.15) is 0 Å². The van der Waals surface area contributed by atoms with Crippen LogP contribution in [-0.2, 0) is 9.53 Å². The summed E-state index contributed by atoms with van der Waals surface area (Å²) in [6, 6.07) is 0. The van der Waals surface area contributed by atoms with Crippen LogP contribution in [0.3, 0.4) is 0 Å². The van der Waals surface area contributed by atoms with Gasteiger partial charge in [-0.25, -0.2) is 0 Å². The van der Waals surface area contributed by atoms with Gasteiger partial charge in [-0.05, 0) is 18.3 Å². The van der Waals surface area contributed by atoms with Crippen molar-refractivity contribution in [3.8, 4) is 0 Å². The van der Waals surface area contributed by atoms with E-state index in [0.717, 1.165) is 26.1 Å². The number of hydrogen-bond donors (Lipinski definition) is 0. The van der Waals surface area contributed by atoms with Gasteiger partial charge in [0.05, 0.1) is 0 Å². The monoisotopic (exact) mass is 140 g/mol. The molecule has 1 saturated carbocycles. The highest BCUT2D eigenvalue weighted by atomic mass is 16.5. The van der Waals surface area contributed by atoms with Crippen molar-refractivity contribution < 1.29 is 9.53 Å². The van der Waals surface area contributed by atoms with Gasteiger partial charge in [-0.1, -0.05) is 0 Å². The Morgan fingerprint density at radius 2 is 2.10 bits per heavy atom. The first kappa shape index (κ1) is 6.35. The smallest absolute Gasteiger partial charge is 0.133 e. The molecule has 1 aliphatic heterocycles. The second kappa shape index (κ2) is 2.35. The molecule has 1 aliphatic carbocycles. The normalized spacial score (nSPS) is 34.4. The zero-order valence-corrected chi connectivity index (χ0v) is 6.01. The summed E-state index contributed by atoms with van der Waals surface area (Å²) in [4.78, 5) is 10.6. The van der Waals surface area contributed by atoms with Crippen LogP contribution in [-0.4, -0.2) is 19.0 Å². The Morgan fingerprint density at radius 3 is 2.60 bits per heavy atom. The first-order chi connectivity index (χ1) is 4.86. The van der Waals surface area contributed by atoms with E-state index in [9.17, 15) is 4.79 Å². The van der Waals surface area contributed by atoms with Crippen LogP contribution in [0.1, 0.15) is 19.3 Å². The predicted octanol–water partition coefficient (Wildman–Crippen LogP) is 1.00. The largest absolute Gasteiger partial charge is 0.381 e. The van der Waals surface area contributed by atoms with Crippen molar-refractivity contribution in [1.29, 1.82) is 0 Å². The molecule has 0 radical (unpaired) electrons. The van der Waals surface area contributed by atoms with Gasteiger partial charge in [-0.3, -0.25) is 4.79 Å². The van der Waals surface area contributed by atoms with E-state index in [1.807, 2.05) is 0 Å². The Balaban J connectivity index is 1.83. The number of rotatable bonds is 1. The molecule has 0 aromatic rings. The highest BCUT2D eigenvalue weighted by molar-refractivity contribution is 5.84. The van der Waals surface area contributed by atoms with Crippen LogP contribution in [0.25, 0.3) is 0 Å². The van der Waals surface area contributed by atoms with E-state index in [1.54, 1.807) is 0 Å². The van der Waals surface area contributed by atoms with E-state index in [1.165, 1.54) is 6.42 Å². The minimum absolute atomic E-state index is 0.442. The fourth-order valence-electron chi connectivity index (χ4n) is 1.78. The van der Waals surface area contributed by atoms with Crippen molar-refractivity contribution in [2.75, 3.05) is 13.2 Å². The van der Waals surface area contributed by atoms with Gasteiger partial charge in [0.2, 0.25) is 0 Å². The number of hydrogen-bond acceptors (Lipinski definition) is 2. The maximum Gasteiger partial charge on any atom is 0.133 e. The Labute approximate surface area is 60.6 Å². The van der Waals surface area contributed by atoms with Crippen molar-refractivity contribution in [2.45, 2.75) is 19.3 Å². The molecule has 2 heteroatoms. The number of ketones is 1. The van der Waals surface area contributed by atoms with Gasteiger partial charge < -0.3 is 4.74 Å². The predicted molar refractivity (Wildman–Crippen MR) is 36.7 cm³/mol. The number of carbonyl (C=O) groups excluding carboxylic acids is 1. The molecule has 2 aliphatic rings. The standard InChI is InChI=1S/C8H12O2/c9-8-3-7(4-8)6-1-2-10-5-6/h6-7H,1-5H2. The molecule has 0 bridgehead atoms. The molecule has 0 N–H and O–H groups in total. The van der Waals surface area contributed by atoms with Gasteiger partial charge >= 0.3 is 0 Å². The van der Waals surface area contributed by atoms with Gasteiger partial charge in [0.25, 0.3) is 0 Å². The average molecular weight is 140 g/mol. The second-order valence-corrected chi connectivity index (χ2v) is 3.33. The zero-order chi connectivity index (χ0) is 6.97. The number of Topliss-reactive ketones (excluding diaryl/α,β-unsaturated/α-hetero) is 1. The van der Waals surface area contributed by atoms with Crippen molar-refractivity contribution in [2.24, 2.45) is 11.8 Å². The fourth-order valence-corrected chi connectivity index (χ4v) is 1.78. The maximum absolute atomic E-state index is 10.6. The highest BCUT2D eigenvalue weighted by Gasteiger charge is 2.35. The van der Waals surface area contributed by atoms with E-state index in [0.29, 0.717) is 17.6 Å². The Hall–Kier alpha value is -0.370. The lowest BCUT2D eigenvalue weighted by Gasteiger charge is -2.28. The summed E-state index contributed by atoms with van der Waals surface area (Å²) >= 11 is 0. The van der Waals surface area contributed by atoms with Gasteiger partial charge in [-0.15, -0.1) is 0 Å². The molecule has 1 saturated heterocycles. The molecule has 0 spiro atoms. The van der Waals surface area contributed by atoms with Crippen LogP contribution in [0.5, 0.6) is 0 Å². The lowest BCUT2D eigenvalue weighted by atomic mass is 9.75. The van der Waals surface area contributed by atoms with E-state index in [2.05, 4.69) is 0 Å². The van der Waals surface area contributed by atoms with Crippen molar-refractivity contribution in [3.05, 3.63) is 0 Å². The quantitative estimate of drug-likeness (QED) is 0.543. The van der Waals surface area contributed by atoms with Crippen LogP contribution in [0.2, 0.25) is 0 Å². The molecule has 0 amide bonds. The third kappa shape index (κ3) is 0.966. The van der Waals surface area contributed by atoms with E-state index < -0.39 is 0 Å². The van der Waals surface area contributed by atoms with Gasteiger partial charge in [0.15, 0.2) is 0 Å². The first-order valence-corrected chi connectivity index (χ1v) is 3.95. The molecular weight excluding hydrogens is 128 g/mol. The SMILES string of the molecule is O=C1CC(C2CCOC2)C1. The second-order valence-electron chi connectivity index (χ2n) is 3.33. The van der Waals surface area contributed by atoms with E-state index in [4.69, 9.17) is 4.74 Å². The van der Waals surface area contributed by atoms with Crippen LogP contribution < -0.4 is 0 Å². The molecule has 2 rings (SSSR count). The van der Waals surface area contributed by atoms with Crippen LogP contribution in [0.15, 0.2) is 0 Å². The number of carbonyl (C=O) groups is 1. The Morgan fingerprint density at radius 1 is 1.30 bits per heavy atom. The summed E-state index contributed by atoms with van der Waals surface area (Å²) in [5, 5.41) is 0. The van der Waals surface area contributed by atoms with Crippen molar-refractivity contribution in [3.63, 3.8) is 0 Å².